The van der Waals surface area contributed by atoms with Gasteiger partial charge < -0.3 is 15.4 Å². The smallest absolute Gasteiger partial charge is 0.260 e. The second kappa shape index (κ2) is 7.64. The first kappa shape index (κ1) is 15.3. The summed E-state index contributed by atoms with van der Waals surface area (Å²) in [5, 5.41) is 0. The summed E-state index contributed by atoms with van der Waals surface area (Å²) in [7, 11) is 0. The van der Waals surface area contributed by atoms with E-state index in [1.54, 1.807) is 0 Å². The highest BCUT2D eigenvalue weighted by molar-refractivity contribution is 9.10. The van der Waals surface area contributed by atoms with Gasteiger partial charge in [0.05, 0.1) is 0 Å². The lowest BCUT2D eigenvalue weighted by molar-refractivity contribution is -0.134. The normalized spacial score (nSPS) is 15.2. The average molecular weight is 341 g/mol. The van der Waals surface area contributed by atoms with Crippen molar-refractivity contribution in [1.82, 2.24) is 4.90 Å². The zero-order chi connectivity index (χ0) is 14.4. The number of nitrogens with zero attached hydrogens (tertiary/aromatic N) is 1. The lowest BCUT2D eigenvalue weighted by Crippen LogP contribution is -2.38. The molecule has 0 aromatic heterocycles. The molecule has 1 fully saturated rings. The summed E-state index contributed by atoms with van der Waals surface area (Å²) in [6, 6.07) is 5.75. The van der Waals surface area contributed by atoms with E-state index in [0.717, 1.165) is 48.1 Å². The van der Waals surface area contributed by atoms with Crippen LogP contribution < -0.4 is 10.5 Å². The number of likely N-dealkylation sites (tertiary alicyclic amines) is 1. The molecule has 1 heterocycles. The van der Waals surface area contributed by atoms with E-state index in [-0.39, 0.29) is 12.5 Å². The van der Waals surface area contributed by atoms with Crippen LogP contribution in [-0.2, 0) is 11.2 Å². The van der Waals surface area contributed by atoms with Gasteiger partial charge in [-0.25, -0.2) is 0 Å². The fourth-order valence-electron chi connectivity index (χ4n) is 2.37. The standard InChI is InChI=1S/C15H21BrN2O2/c16-14-5-4-13(10-12(14)6-7-17)20-11-15(19)18-8-2-1-3-9-18/h4-5,10H,1-3,6-9,11,17H2. The summed E-state index contributed by atoms with van der Waals surface area (Å²) >= 11 is 3.49. The number of benzene rings is 1. The molecule has 0 saturated carbocycles. The number of carbonyl (C=O) groups excluding carboxylic acids is 1. The highest BCUT2D eigenvalue weighted by atomic mass is 79.9. The van der Waals surface area contributed by atoms with Gasteiger partial charge in [-0.3, -0.25) is 4.79 Å². The second-order valence-electron chi connectivity index (χ2n) is 5.02. The van der Waals surface area contributed by atoms with Crippen LogP contribution in [0.4, 0.5) is 0 Å². The van der Waals surface area contributed by atoms with E-state index in [0.29, 0.717) is 6.54 Å². The van der Waals surface area contributed by atoms with E-state index < -0.39 is 0 Å². The van der Waals surface area contributed by atoms with Crippen molar-refractivity contribution >= 4 is 21.8 Å². The number of hydrogen-bond donors (Lipinski definition) is 1. The number of carbonyl (C=O) groups is 1. The molecule has 5 heteroatoms. The van der Waals surface area contributed by atoms with Crippen LogP contribution >= 0.6 is 15.9 Å². The van der Waals surface area contributed by atoms with Crippen LogP contribution in [0.3, 0.4) is 0 Å². The molecule has 0 bridgehead atoms. The van der Waals surface area contributed by atoms with Gasteiger partial charge in [-0.05, 0) is 56.0 Å². The molecule has 110 valence electrons. The summed E-state index contributed by atoms with van der Waals surface area (Å²) in [5.41, 5.74) is 6.68. The summed E-state index contributed by atoms with van der Waals surface area (Å²) in [6.45, 7) is 2.43. The van der Waals surface area contributed by atoms with Crippen LogP contribution in [0, 0.1) is 0 Å². The monoisotopic (exact) mass is 340 g/mol. The Balaban J connectivity index is 1.89. The fraction of sp³-hybridized carbons (Fsp3) is 0.533. The predicted octanol–water partition coefficient (Wildman–Crippen LogP) is 2.34. The predicted molar refractivity (Wildman–Crippen MR) is 82.8 cm³/mol. The topological polar surface area (TPSA) is 55.6 Å². The van der Waals surface area contributed by atoms with Gasteiger partial charge in [0, 0.05) is 17.6 Å². The van der Waals surface area contributed by atoms with E-state index >= 15 is 0 Å². The molecular formula is C15H21BrN2O2. The first-order valence-corrected chi connectivity index (χ1v) is 7.89. The van der Waals surface area contributed by atoms with Crippen molar-refractivity contribution in [1.29, 1.82) is 0 Å². The zero-order valence-corrected chi connectivity index (χ0v) is 13.2. The van der Waals surface area contributed by atoms with Gasteiger partial charge in [-0.15, -0.1) is 0 Å². The van der Waals surface area contributed by atoms with Crippen molar-refractivity contribution in [2.45, 2.75) is 25.7 Å². The van der Waals surface area contributed by atoms with Gasteiger partial charge >= 0.3 is 0 Å². The fourth-order valence-corrected chi connectivity index (χ4v) is 2.81. The summed E-state index contributed by atoms with van der Waals surface area (Å²) in [6.07, 6.45) is 4.22. The van der Waals surface area contributed by atoms with Gasteiger partial charge in [0.15, 0.2) is 6.61 Å². The summed E-state index contributed by atoms with van der Waals surface area (Å²) in [4.78, 5) is 13.9. The molecule has 1 aromatic carbocycles. The third-order valence-electron chi connectivity index (χ3n) is 3.50. The zero-order valence-electron chi connectivity index (χ0n) is 11.6. The summed E-state index contributed by atoms with van der Waals surface area (Å²) < 4.78 is 6.64. The second-order valence-corrected chi connectivity index (χ2v) is 5.88. The van der Waals surface area contributed by atoms with Crippen LogP contribution in [0.5, 0.6) is 5.75 Å². The SMILES string of the molecule is NCCc1cc(OCC(=O)N2CCCCC2)ccc1Br. The Bertz CT molecular complexity index is 459. The van der Waals surface area contributed by atoms with Crippen molar-refractivity contribution in [3.05, 3.63) is 28.2 Å². The van der Waals surface area contributed by atoms with Crippen molar-refractivity contribution in [2.75, 3.05) is 26.2 Å². The Morgan fingerprint density at radius 1 is 1.30 bits per heavy atom. The Kier molecular flexibility index (Phi) is 5.86. The van der Waals surface area contributed by atoms with Crippen molar-refractivity contribution in [3.63, 3.8) is 0 Å². The van der Waals surface area contributed by atoms with Gasteiger partial charge in [-0.1, -0.05) is 15.9 Å². The number of hydrogen-bond acceptors (Lipinski definition) is 3. The Hall–Kier alpha value is -1.07. The van der Waals surface area contributed by atoms with E-state index in [1.807, 2.05) is 23.1 Å². The lowest BCUT2D eigenvalue weighted by atomic mass is 10.1. The molecule has 1 aromatic rings. The number of piperidine rings is 1. The van der Waals surface area contributed by atoms with E-state index in [9.17, 15) is 4.79 Å². The van der Waals surface area contributed by atoms with Crippen LogP contribution in [-0.4, -0.2) is 37.0 Å². The van der Waals surface area contributed by atoms with Crippen LogP contribution in [0.15, 0.2) is 22.7 Å². The number of nitrogens with two attached hydrogens (primary N) is 1. The molecule has 4 nitrogen and oxygen atoms in total. The molecule has 0 aliphatic carbocycles. The molecule has 1 saturated heterocycles. The van der Waals surface area contributed by atoms with Gasteiger partial charge in [0.1, 0.15) is 5.75 Å². The minimum atomic E-state index is 0.0768. The average Bonchev–Trinajstić information content (AvgIpc) is 2.49. The molecule has 0 spiro atoms. The number of halogens is 1. The molecule has 1 aliphatic rings. The van der Waals surface area contributed by atoms with Crippen molar-refractivity contribution in [2.24, 2.45) is 5.73 Å². The maximum atomic E-state index is 12.0. The van der Waals surface area contributed by atoms with E-state index in [2.05, 4.69) is 15.9 Å². The quantitative estimate of drug-likeness (QED) is 0.894. The number of ether oxygens (including phenoxy) is 1. The molecule has 0 unspecified atom stereocenters. The number of rotatable bonds is 5. The number of amides is 1. The maximum Gasteiger partial charge on any atom is 0.260 e. The van der Waals surface area contributed by atoms with E-state index in [4.69, 9.17) is 10.5 Å². The first-order chi connectivity index (χ1) is 9.70. The Labute approximate surface area is 128 Å². The minimum Gasteiger partial charge on any atom is -0.484 e. The minimum absolute atomic E-state index is 0.0768. The summed E-state index contributed by atoms with van der Waals surface area (Å²) in [5.74, 6) is 0.801. The van der Waals surface area contributed by atoms with Crippen LogP contribution in [0.25, 0.3) is 0 Å². The van der Waals surface area contributed by atoms with E-state index in [1.165, 1.54) is 6.42 Å². The molecule has 20 heavy (non-hydrogen) atoms. The molecule has 1 aliphatic heterocycles. The Morgan fingerprint density at radius 3 is 2.75 bits per heavy atom. The highest BCUT2D eigenvalue weighted by Crippen LogP contribution is 2.23. The highest BCUT2D eigenvalue weighted by Gasteiger charge is 2.16. The van der Waals surface area contributed by atoms with Crippen molar-refractivity contribution in [3.8, 4) is 5.75 Å². The third kappa shape index (κ3) is 4.21. The molecule has 0 radical (unpaired) electrons. The molecule has 1 amide bonds. The van der Waals surface area contributed by atoms with Crippen LogP contribution in [0.2, 0.25) is 0 Å². The first-order valence-electron chi connectivity index (χ1n) is 7.10. The molecule has 2 N–H and O–H groups in total. The van der Waals surface area contributed by atoms with Crippen molar-refractivity contribution < 1.29 is 9.53 Å². The largest absolute Gasteiger partial charge is 0.484 e. The lowest BCUT2D eigenvalue weighted by Gasteiger charge is -2.26. The molecular weight excluding hydrogens is 320 g/mol. The molecule has 0 atom stereocenters. The van der Waals surface area contributed by atoms with Gasteiger partial charge in [0.25, 0.3) is 5.91 Å². The molecule has 2 rings (SSSR count). The third-order valence-corrected chi connectivity index (χ3v) is 4.28. The maximum absolute atomic E-state index is 12.0. The van der Waals surface area contributed by atoms with Crippen LogP contribution in [0.1, 0.15) is 24.8 Å². The van der Waals surface area contributed by atoms with Gasteiger partial charge in [-0.2, -0.15) is 0 Å². The van der Waals surface area contributed by atoms with Gasteiger partial charge in [0.2, 0.25) is 0 Å². The Morgan fingerprint density at radius 2 is 2.05 bits per heavy atom.